The van der Waals surface area contributed by atoms with Gasteiger partial charge in [-0.1, -0.05) is 54.6 Å². The van der Waals surface area contributed by atoms with Crippen LogP contribution >= 0.6 is 0 Å². The number of hydrogen-bond donors (Lipinski definition) is 0. The van der Waals surface area contributed by atoms with E-state index in [2.05, 4.69) is 59.5 Å². The Balaban J connectivity index is 1.34. The minimum absolute atomic E-state index is 0.264. The third-order valence-corrected chi connectivity index (χ3v) is 6.43. The molecule has 2 heteroatoms. The predicted molar refractivity (Wildman–Crippen MR) is 107 cm³/mol. The van der Waals surface area contributed by atoms with E-state index in [1.165, 1.54) is 62.0 Å². The second kappa shape index (κ2) is 8.37. The zero-order valence-electron chi connectivity index (χ0n) is 15.9. The number of hydrogen-bond acceptors (Lipinski definition) is 2. The van der Waals surface area contributed by atoms with Gasteiger partial charge in [-0.05, 0) is 73.7 Å². The van der Waals surface area contributed by atoms with Crippen molar-refractivity contribution >= 4 is 0 Å². The van der Waals surface area contributed by atoms with Crippen LogP contribution in [0.25, 0.3) is 0 Å². The molecule has 4 rings (SSSR count). The molecule has 0 aromatic heterocycles. The Morgan fingerprint density at radius 3 is 2.42 bits per heavy atom. The smallest absolute Gasteiger partial charge is 0.0826 e. The second-order valence-corrected chi connectivity index (χ2v) is 8.05. The summed E-state index contributed by atoms with van der Waals surface area (Å²) in [7, 11) is 1.87. The van der Waals surface area contributed by atoms with Crippen molar-refractivity contribution in [1.29, 1.82) is 0 Å². The van der Waals surface area contributed by atoms with Gasteiger partial charge in [-0.2, -0.15) is 0 Å². The summed E-state index contributed by atoms with van der Waals surface area (Å²) in [6.07, 6.45) is 6.50. The number of rotatable bonds is 4. The summed E-state index contributed by atoms with van der Waals surface area (Å²) in [5, 5.41) is 0. The molecule has 2 aromatic rings. The summed E-state index contributed by atoms with van der Waals surface area (Å²) in [6, 6.07) is 19.9. The maximum absolute atomic E-state index is 5.87. The molecule has 0 radical (unpaired) electrons. The van der Waals surface area contributed by atoms with E-state index in [1.54, 1.807) is 0 Å². The lowest BCUT2D eigenvalue weighted by atomic mass is 9.88. The Hall–Kier alpha value is -1.64. The standard InChI is InChI=1S/C24H31NO/c1-26-24-17-19(11-12-22-9-5-6-10-23(22)24)18-25-15-13-21(14-16-25)20-7-3-2-4-8-20/h2-10,19,21,24H,11-18H2,1H3/t19-,24-/m1/s1. The van der Waals surface area contributed by atoms with Crippen LogP contribution in [0.15, 0.2) is 54.6 Å². The summed E-state index contributed by atoms with van der Waals surface area (Å²) in [5.74, 6) is 1.48. The van der Waals surface area contributed by atoms with Crippen molar-refractivity contribution in [3.63, 3.8) is 0 Å². The lowest BCUT2D eigenvalue weighted by Gasteiger charge is -2.34. The van der Waals surface area contributed by atoms with Crippen LogP contribution in [0.1, 0.15) is 54.4 Å². The molecule has 1 heterocycles. The molecule has 0 amide bonds. The molecule has 0 unspecified atom stereocenters. The molecule has 0 N–H and O–H groups in total. The zero-order valence-corrected chi connectivity index (χ0v) is 15.9. The Bertz CT molecular complexity index is 690. The normalized spacial score (nSPS) is 24.8. The van der Waals surface area contributed by atoms with Crippen molar-refractivity contribution in [2.24, 2.45) is 5.92 Å². The molecule has 1 saturated heterocycles. The van der Waals surface area contributed by atoms with E-state index >= 15 is 0 Å². The van der Waals surface area contributed by atoms with Gasteiger partial charge in [0.05, 0.1) is 6.10 Å². The summed E-state index contributed by atoms with van der Waals surface area (Å²) >= 11 is 0. The van der Waals surface area contributed by atoms with Crippen LogP contribution in [-0.4, -0.2) is 31.6 Å². The average Bonchev–Trinajstić information content (AvgIpc) is 2.89. The van der Waals surface area contributed by atoms with Gasteiger partial charge in [0.25, 0.3) is 0 Å². The SMILES string of the molecule is CO[C@@H]1C[C@H](CN2CCC(c3ccccc3)CC2)CCc2ccccc21. The molecule has 0 spiro atoms. The molecule has 1 aliphatic heterocycles. The number of aryl methyl sites for hydroxylation is 1. The van der Waals surface area contributed by atoms with Crippen molar-refractivity contribution < 1.29 is 4.74 Å². The van der Waals surface area contributed by atoms with Crippen LogP contribution in [-0.2, 0) is 11.2 Å². The monoisotopic (exact) mass is 349 g/mol. The fourth-order valence-electron chi connectivity index (χ4n) is 4.91. The van der Waals surface area contributed by atoms with E-state index in [1.807, 2.05) is 7.11 Å². The summed E-state index contributed by atoms with van der Waals surface area (Å²) in [6.45, 7) is 3.71. The number of methoxy groups -OCH3 is 1. The highest BCUT2D eigenvalue weighted by Crippen LogP contribution is 2.35. The van der Waals surface area contributed by atoms with Gasteiger partial charge in [0, 0.05) is 13.7 Å². The summed E-state index contributed by atoms with van der Waals surface area (Å²) in [5.41, 5.74) is 4.43. The number of fused-ring (bicyclic) bond motifs is 1. The van der Waals surface area contributed by atoms with Crippen LogP contribution in [0.3, 0.4) is 0 Å². The van der Waals surface area contributed by atoms with Gasteiger partial charge in [-0.3, -0.25) is 0 Å². The highest BCUT2D eigenvalue weighted by molar-refractivity contribution is 5.30. The van der Waals surface area contributed by atoms with Crippen LogP contribution in [0.2, 0.25) is 0 Å². The minimum atomic E-state index is 0.264. The zero-order chi connectivity index (χ0) is 17.8. The van der Waals surface area contributed by atoms with Crippen molar-refractivity contribution in [1.82, 2.24) is 4.90 Å². The maximum atomic E-state index is 5.87. The number of benzene rings is 2. The summed E-state index contributed by atoms with van der Waals surface area (Å²) in [4.78, 5) is 2.70. The van der Waals surface area contributed by atoms with Gasteiger partial charge >= 0.3 is 0 Å². The van der Waals surface area contributed by atoms with Gasteiger partial charge in [-0.25, -0.2) is 0 Å². The van der Waals surface area contributed by atoms with Gasteiger partial charge < -0.3 is 9.64 Å². The molecule has 138 valence electrons. The van der Waals surface area contributed by atoms with E-state index in [0.717, 1.165) is 18.3 Å². The highest BCUT2D eigenvalue weighted by atomic mass is 16.5. The molecule has 2 aliphatic rings. The number of piperidine rings is 1. The quantitative estimate of drug-likeness (QED) is 0.703. The van der Waals surface area contributed by atoms with E-state index in [0.29, 0.717) is 0 Å². The van der Waals surface area contributed by atoms with Crippen LogP contribution in [0.4, 0.5) is 0 Å². The number of nitrogens with zero attached hydrogens (tertiary/aromatic N) is 1. The first-order chi connectivity index (χ1) is 12.8. The Kier molecular flexibility index (Phi) is 5.72. The molecule has 2 aromatic carbocycles. The minimum Gasteiger partial charge on any atom is -0.377 e. The number of ether oxygens (including phenoxy) is 1. The third-order valence-electron chi connectivity index (χ3n) is 6.43. The first kappa shape index (κ1) is 17.8. The van der Waals surface area contributed by atoms with Crippen LogP contribution < -0.4 is 0 Å². The Morgan fingerprint density at radius 2 is 1.65 bits per heavy atom. The van der Waals surface area contributed by atoms with Crippen molar-refractivity contribution in [2.75, 3.05) is 26.7 Å². The summed E-state index contributed by atoms with van der Waals surface area (Å²) < 4.78 is 5.87. The topological polar surface area (TPSA) is 12.5 Å². The second-order valence-electron chi connectivity index (χ2n) is 8.05. The van der Waals surface area contributed by atoms with Crippen molar-refractivity contribution in [2.45, 2.75) is 44.1 Å². The largest absolute Gasteiger partial charge is 0.377 e. The first-order valence-electron chi connectivity index (χ1n) is 10.2. The molecule has 2 atom stereocenters. The lowest BCUT2D eigenvalue weighted by Crippen LogP contribution is -2.37. The Labute approximate surface area is 158 Å². The van der Waals surface area contributed by atoms with Gasteiger partial charge in [0.15, 0.2) is 0 Å². The molecule has 1 aliphatic carbocycles. The third kappa shape index (κ3) is 4.02. The number of likely N-dealkylation sites (tertiary alicyclic amines) is 1. The molecular formula is C24H31NO. The van der Waals surface area contributed by atoms with Gasteiger partial charge in [-0.15, -0.1) is 0 Å². The molecule has 0 bridgehead atoms. The molecule has 26 heavy (non-hydrogen) atoms. The van der Waals surface area contributed by atoms with E-state index in [9.17, 15) is 0 Å². The molecule has 1 fully saturated rings. The van der Waals surface area contributed by atoms with Crippen molar-refractivity contribution in [3.05, 3.63) is 71.3 Å². The molecule has 0 saturated carbocycles. The fourth-order valence-corrected chi connectivity index (χ4v) is 4.91. The molecular weight excluding hydrogens is 318 g/mol. The van der Waals surface area contributed by atoms with E-state index in [4.69, 9.17) is 4.74 Å². The predicted octanol–water partition coefficient (Wildman–Crippen LogP) is 5.21. The maximum Gasteiger partial charge on any atom is 0.0826 e. The van der Waals surface area contributed by atoms with Crippen LogP contribution in [0.5, 0.6) is 0 Å². The fraction of sp³-hybridized carbons (Fsp3) is 0.500. The average molecular weight is 350 g/mol. The Morgan fingerprint density at radius 1 is 0.923 bits per heavy atom. The first-order valence-corrected chi connectivity index (χ1v) is 10.2. The van der Waals surface area contributed by atoms with Crippen LogP contribution in [0, 0.1) is 5.92 Å². The van der Waals surface area contributed by atoms with Crippen molar-refractivity contribution in [3.8, 4) is 0 Å². The van der Waals surface area contributed by atoms with E-state index in [-0.39, 0.29) is 6.10 Å². The van der Waals surface area contributed by atoms with Gasteiger partial charge in [0.2, 0.25) is 0 Å². The molecule has 2 nitrogen and oxygen atoms in total. The highest BCUT2D eigenvalue weighted by Gasteiger charge is 2.27. The lowest BCUT2D eigenvalue weighted by molar-refractivity contribution is 0.0705. The van der Waals surface area contributed by atoms with E-state index < -0.39 is 0 Å². The van der Waals surface area contributed by atoms with Gasteiger partial charge in [0.1, 0.15) is 0 Å².